The van der Waals surface area contributed by atoms with Crippen molar-refractivity contribution in [2.45, 2.75) is 31.0 Å². The Morgan fingerprint density at radius 3 is 2.20 bits per heavy atom. The second kappa shape index (κ2) is 5.99. The Kier molecular flexibility index (Phi) is 4.89. The van der Waals surface area contributed by atoms with Crippen LogP contribution in [0.3, 0.4) is 0 Å². The molecule has 0 saturated carbocycles. The normalized spacial score (nSPS) is 24.9. The Hall–Kier alpha value is -0.0400. The maximum Gasteiger partial charge on any atom is 0.244 e. The van der Waals surface area contributed by atoms with Gasteiger partial charge in [0.2, 0.25) is 10.0 Å². The van der Waals surface area contributed by atoms with Gasteiger partial charge in [0.15, 0.2) is 0 Å². The molecule has 20 heavy (non-hydrogen) atoms. The summed E-state index contributed by atoms with van der Waals surface area (Å²) in [5.74, 6) is 0. The number of benzene rings is 1. The smallest absolute Gasteiger partial charge is 0.244 e. The molecule has 1 fully saturated rings. The molecule has 0 aliphatic carbocycles. The minimum absolute atomic E-state index is 0.0325. The van der Waals surface area contributed by atoms with Crippen molar-refractivity contribution in [2.24, 2.45) is 0 Å². The predicted molar refractivity (Wildman–Crippen MR) is 80.2 cm³/mol. The molecule has 0 N–H and O–H groups in total. The number of hydrogen-bond donors (Lipinski definition) is 0. The lowest BCUT2D eigenvalue weighted by atomic mass is 10.3. The largest absolute Gasteiger partial charge is 0.373 e. The summed E-state index contributed by atoms with van der Waals surface area (Å²) in [6.45, 7) is 4.22. The minimum atomic E-state index is -3.72. The number of hydrogen-bond acceptors (Lipinski definition) is 3. The fraction of sp³-hybridized carbons (Fsp3) is 0.500. The van der Waals surface area contributed by atoms with Crippen LogP contribution in [-0.4, -0.2) is 38.0 Å². The maximum absolute atomic E-state index is 12.6. The van der Waals surface area contributed by atoms with Gasteiger partial charge in [-0.2, -0.15) is 4.31 Å². The highest BCUT2D eigenvalue weighted by atomic mass is 35.5. The molecule has 8 heteroatoms. The molecule has 0 bridgehead atoms. The molecule has 1 saturated heterocycles. The molecule has 112 valence electrons. The summed E-state index contributed by atoms with van der Waals surface area (Å²) >= 11 is 17.8. The van der Waals surface area contributed by atoms with E-state index in [4.69, 9.17) is 39.5 Å². The predicted octanol–water partition coefficient (Wildman–Crippen LogP) is 3.44. The summed E-state index contributed by atoms with van der Waals surface area (Å²) in [5.41, 5.74) is 0. The van der Waals surface area contributed by atoms with Gasteiger partial charge in [0.25, 0.3) is 0 Å². The Morgan fingerprint density at radius 2 is 1.65 bits per heavy atom. The van der Waals surface area contributed by atoms with Gasteiger partial charge >= 0.3 is 0 Å². The van der Waals surface area contributed by atoms with Crippen molar-refractivity contribution >= 4 is 44.8 Å². The van der Waals surface area contributed by atoms with Crippen LogP contribution in [0, 0.1) is 0 Å². The van der Waals surface area contributed by atoms with Crippen molar-refractivity contribution in [3.8, 4) is 0 Å². The SMILES string of the molecule is C[C@@H]1CN(S(=O)(=O)c2ccc(Cl)c(Cl)c2Cl)C[C@H](C)O1. The molecule has 1 aliphatic rings. The Balaban J connectivity index is 2.43. The molecule has 0 radical (unpaired) electrons. The van der Waals surface area contributed by atoms with E-state index < -0.39 is 10.0 Å². The second-order valence-electron chi connectivity index (χ2n) is 4.75. The van der Waals surface area contributed by atoms with E-state index in [0.717, 1.165) is 0 Å². The standard InChI is InChI=1S/C12H14Cl3NO3S/c1-7-5-16(6-8(2)19-7)20(17,18)10-4-3-9(13)11(14)12(10)15/h3-4,7-8H,5-6H2,1-2H3/t7-,8+. The number of ether oxygens (including phenoxy) is 1. The third kappa shape index (κ3) is 3.08. The first-order valence-corrected chi connectivity index (χ1v) is 8.60. The third-order valence-corrected chi connectivity index (χ3v) is 6.28. The van der Waals surface area contributed by atoms with Gasteiger partial charge in [0.1, 0.15) is 4.90 Å². The molecule has 1 aliphatic heterocycles. The Bertz CT molecular complexity index is 611. The van der Waals surface area contributed by atoms with Crippen molar-refractivity contribution in [1.82, 2.24) is 4.31 Å². The molecule has 0 amide bonds. The molecule has 0 unspecified atom stereocenters. The summed E-state index contributed by atoms with van der Waals surface area (Å²) in [6, 6.07) is 2.80. The molecule has 1 heterocycles. The molecule has 2 atom stereocenters. The van der Waals surface area contributed by atoms with Crippen LogP contribution in [-0.2, 0) is 14.8 Å². The molecule has 1 aromatic rings. The lowest BCUT2D eigenvalue weighted by molar-refractivity contribution is -0.0440. The fourth-order valence-corrected chi connectivity index (χ4v) is 4.72. The highest BCUT2D eigenvalue weighted by Gasteiger charge is 2.34. The average Bonchev–Trinajstić information content (AvgIpc) is 2.34. The number of nitrogens with zero attached hydrogens (tertiary/aromatic N) is 1. The van der Waals surface area contributed by atoms with Gasteiger partial charge in [-0.15, -0.1) is 0 Å². The van der Waals surface area contributed by atoms with E-state index in [9.17, 15) is 8.42 Å². The van der Waals surface area contributed by atoms with Crippen LogP contribution in [0.1, 0.15) is 13.8 Å². The Morgan fingerprint density at radius 1 is 1.10 bits per heavy atom. The zero-order valence-electron chi connectivity index (χ0n) is 10.9. The van der Waals surface area contributed by atoms with E-state index in [1.165, 1.54) is 16.4 Å². The van der Waals surface area contributed by atoms with Crippen LogP contribution >= 0.6 is 34.8 Å². The lowest BCUT2D eigenvalue weighted by Gasteiger charge is -2.34. The van der Waals surface area contributed by atoms with E-state index in [0.29, 0.717) is 0 Å². The number of halogens is 3. The van der Waals surface area contributed by atoms with E-state index in [1.54, 1.807) is 0 Å². The van der Waals surface area contributed by atoms with Gasteiger partial charge in [-0.25, -0.2) is 8.42 Å². The van der Waals surface area contributed by atoms with Gasteiger partial charge in [0.05, 0.1) is 27.3 Å². The van der Waals surface area contributed by atoms with E-state index >= 15 is 0 Å². The topological polar surface area (TPSA) is 46.6 Å². The van der Waals surface area contributed by atoms with Crippen LogP contribution in [0.25, 0.3) is 0 Å². The highest BCUT2D eigenvalue weighted by molar-refractivity contribution is 7.89. The van der Waals surface area contributed by atoms with Crippen LogP contribution in [0.15, 0.2) is 17.0 Å². The van der Waals surface area contributed by atoms with Gasteiger partial charge in [0, 0.05) is 13.1 Å². The molecule has 0 aromatic heterocycles. The zero-order chi connectivity index (χ0) is 15.1. The molecule has 2 rings (SSSR count). The van der Waals surface area contributed by atoms with Crippen LogP contribution in [0.4, 0.5) is 0 Å². The summed E-state index contributed by atoms with van der Waals surface area (Å²) in [5, 5.41) is 0.217. The minimum Gasteiger partial charge on any atom is -0.373 e. The molecule has 0 spiro atoms. The first kappa shape index (κ1) is 16.3. The van der Waals surface area contributed by atoms with Crippen molar-refractivity contribution in [3.05, 3.63) is 27.2 Å². The molecular weight excluding hydrogens is 345 g/mol. The average molecular weight is 359 g/mol. The van der Waals surface area contributed by atoms with E-state index in [-0.39, 0.29) is 45.3 Å². The monoisotopic (exact) mass is 357 g/mol. The van der Waals surface area contributed by atoms with Crippen LogP contribution < -0.4 is 0 Å². The van der Waals surface area contributed by atoms with Crippen molar-refractivity contribution < 1.29 is 13.2 Å². The van der Waals surface area contributed by atoms with Gasteiger partial charge in [-0.3, -0.25) is 0 Å². The summed E-state index contributed by atoms with van der Waals surface area (Å²) < 4.78 is 32.2. The number of sulfonamides is 1. The highest BCUT2D eigenvalue weighted by Crippen LogP contribution is 2.36. The van der Waals surface area contributed by atoms with Crippen molar-refractivity contribution in [3.63, 3.8) is 0 Å². The second-order valence-corrected chi connectivity index (χ2v) is 7.82. The summed E-state index contributed by atoms with van der Waals surface area (Å²) in [6.07, 6.45) is -0.342. The third-order valence-electron chi connectivity index (χ3n) is 3.00. The van der Waals surface area contributed by atoms with Gasteiger partial charge in [-0.1, -0.05) is 34.8 Å². The maximum atomic E-state index is 12.6. The molecule has 4 nitrogen and oxygen atoms in total. The first-order chi connectivity index (χ1) is 9.23. The van der Waals surface area contributed by atoms with E-state index in [1.807, 2.05) is 13.8 Å². The first-order valence-electron chi connectivity index (χ1n) is 6.02. The summed E-state index contributed by atoms with van der Waals surface area (Å²) in [4.78, 5) is -0.0325. The number of rotatable bonds is 2. The lowest BCUT2D eigenvalue weighted by Crippen LogP contribution is -2.48. The number of morpholine rings is 1. The zero-order valence-corrected chi connectivity index (χ0v) is 14.0. The van der Waals surface area contributed by atoms with E-state index in [2.05, 4.69) is 0 Å². The van der Waals surface area contributed by atoms with Gasteiger partial charge in [-0.05, 0) is 26.0 Å². The van der Waals surface area contributed by atoms with Crippen molar-refractivity contribution in [2.75, 3.05) is 13.1 Å². The van der Waals surface area contributed by atoms with Crippen LogP contribution in [0.5, 0.6) is 0 Å². The molecule has 1 aromatic carbocycles. The van der Waals surface area contributed by atoms with Crippen LogP contribution in [0.2, 0.25) is 15.1 Å². The quantitative estimate of drug-likeness (QED) is 0.761. The summed E-state index contributed by atoms with van der Waals surface area (Å²) in [7, 11) is -3.72. The molecular formula is C12H14Cl3NO3S. The Labute approximate surface area is 133 Å². The fourth-order valence-electron chi connectivity index (χ4n) is 2.17. The van der Waals surface area contributed by atoms with Crippen molar-refractivity contribution in [1.29, 1.82) is 0 Å². The van der Waals surface area contributed by atoms with Gasteiger partial charge < -0.3 is 4.74 Å².